The molecule has 0 aliphatic carbocycles. The Morgan fingerprint density at radius 3 is 2.60 bits per heavy atom. The summed E-state index contributed by atoms with van der Waals surface area (Å²) in [7, 11) is 0. The van der Waals surface area contributed by atoms with Crippen molar-refractivity contribution in [1.29, 1.82) is 0 Å². The van der Waals surface area contributed by atoms with Crippen LogP contribution in [0.25, 0.3) is 0 Å². The van der Waals surface area contributed by atoms with E-state index < -0.39 is 24.1 Å². The zero-order valence-corrected chi connectivity index (χ0v) is 8.76. The van der Waals surface area contributed by atoms with Crippen LogP contribution in [0.1, 0.15) is 11.1 Å². The summed E-state index contributed by atoms with van der Waals surface area (Å²) >= 11 is 2.88. The Balaban J connectivity index is 3.11. The second-order valence-electron chi connectivity index (χ2n) is 2.74. The molecule has 1 N–H and O–H groups in total. The highest BCUT2D eigenvalue weighted by Gasteiger charge is 2.31. The maximum absolute atomic E-state index is 12.2. The molecule has 0 unspecified atom stereocenters. The predicted octanol–water partition coefficient (Wildman–Crippen LogP) is 2.49. The lowest BCUT2D eigenvalue weighted by atomic mass is 10.1. The SMILES string of the molecule is O=C(O)Cc1cc(C(F)(F)F)cnc1Br. The van der Waals surface area contributed by atoms with Crippen LogP contribution in [-0.4, -0.2) is 16.1 Å². The Morgan fingerprint density at radius 2 is 2.13 bits per heavy atom. The number of nitrogens with zero attached hydrogens (tertiary/aromatic N) is 1. The highest BCUT2D eigenvalue weighted by Crippen LogP contribution is 2.30. The molecule has 3 nitrogen and oxygen atoms in total. The van der Waals surface area contributed by atoms with Gasteiger partial charge in [-0.3, -0.25) is 4.79 Å². The zero-order chi connectivity index (χ0) is 11.6. The standard InChI is InChI=1S/C8H5BrF3NO2/c9-7-4(2-6(14)15)1-5(3-13-7)8(10,11)12/h1,3H,2H2,(H,14,15). The van der Waals surface area contributed by atoms with Gasteiger partial charge in [-0.15, -0.1) is 0 Å². The molecule has 0 bridgehead atoms. The Labute approximate surface area is 91.1 Å². The summed E-state index contributed by atoms with van der Waals surface area (Å²) < 4.78 is 36.8. The number of rotatable bonds is 2. The van der Waals surface area contributed by atoms with E-state index in [0.29, 0.717) is 6.20 Å². The van der Waals surface area contributed by atoms with Crippen LogP contribution in [0.5, 0.6) is 0 Å². The number of carboxylic acid groups (broad SMARTS) is 1. The van der Waals surface area contributed by atoms with Gasteiger partial charge >= 0.3 is 12.1 Å². The van der Waals surface area contributed by atoms with Crippen molar-refractivity contribution in [3.63, 3.8) is 0 Å². The first-order valence-corrected chi connectivity index (χ1v) is 4.53. The van der Waals surface area contributed by atoms with Gasteiger partial charge in [0.2, 0.25) is 0 Å². The summed E-state index contributed by atoms with van der Waals surface area (Å²) in [6.07, 6.45) is -4.37. The van der Waals surface area contributed by atoms with E-state index in [1.807, 2.05) is 0 Å². The van der Waals surface area contributed by atoms with Crippen molar-refractivity contribution >= 4 is 21.9 Å². The summed E-state index contributed by atoms with van der Waals surface area (Å²) in [5.41, 5.74) is -0.959. The van der Waals surface area contributed by atoms with Crippen LogP contribution in [0.15, 0.2) is 16.9 Å². The minimum atomic E-state index is -4.51. The van der Waals surface area contributed by atoms with Gasteiger partial charge in [-0.1, -0.05) is 0 Å². The number of halogens is 4. The third-order valence-electron chi connectivity index (χ3n) is 1.58. The first-order valence-electron chi connectivity index (χ1n) is 3.74. The van der Waals surface area contributed by atoms with Gasteiger partial charge in [-0.2, -0.15) is 13.2 Å². The van der Waals surface area contributed by atoms with Crippen LogP contribution in [-0.2, 0) is 17.4 Å². The molecule has 0 saturated heterocycles. The largest absolute Gasteiger partial charge is 0.481 e. The summed E-state index contributed by atoms with van der Waals surface area (Å²) in [4.78, 5) is 13.8. The molecule has 82 valence electrons. The second kappa shape index (κ2) is 4.18. The first kappa shape index (κ1) is 12.0. The van der Waals surface area contributed by atoms with Crippen molar-refractivity contribution in [2.24, 2.45) is 0 Å². The molecule has 0 amide bonds. The Bertz CT molecular complexity index is 392. The number of aromatic nitrogens is 1. The molecular weight excluding hydrogens is 279 g/mol. The number of pyridine rings is 1. The Kier molecular flexibility index (Phi) is 3.33. The molecule has 7 heteroatoms. The first-order chi connectivity index (χ1) is 6.80. The molecule has 1 rings (SSSR count). The van der Waals surface area contributed by atoms with E-state index in [9.17, 15) is 18.0 Å². The molecule has 0 radical (unpaired) electrons. The average Bonchev–Trinajstić information content (AvgIpc) is 2.06. The van der Waals surface area contributed by atoms with Crippen LogP contribution in [0.3, 0.4) is 0 Å². The molecule has 0 aromatic carbocycles. The second-order valence-corrected chi connectivity index (χ2v) is 3.49. The van der Waals surface area contributed by atoms with Gasteiger partial charge in [0, 0.05) is 6.20 Å². The van der Waals surface area contributed by atoms with Crippen molar-refractivity contribution < 1.29 is 23.1 Å². The van der Waals surface area contributed by atoms with Crippen molar-refractivity contribution in [2.75, 3.05) is 0 Å². The normalized spacial score (nSPS) is 11.5. The van der Waals surface area contributed by atoms with Crippen molar-refractivity contribution in [1.82, 2.24) is 4.98 Å². The van der Waals surface area contributed by atoms with Crippen molar-refractivity contribution in [2.45, 2.75) is 12.6 Å². The van der Waals surface area contributed by atoms with E-state index in [0.717, 1.165) is 6.07 Å². The molecule has 0 atom stereocenters. The molecule has 0 spiro atoms. The van der Waals surface area contributed by atoms with Crippen LogP contribution in [0, 0.1) is 0 Å². The van der Waals surface area contributed by atoms with Gasteiger partial charge < -0.3 is 5.11 Å². The fourth-order valence-corrected chi connectivity index (χ4v) is 1.29. The molecule has 15 heavy (non-hydrogen) atoms. The lowest BCUT2D eigenvalue weighted by Gasteiger charge is -2.08. The molecule has 1 aromatic rings. The summed E-state index contributed by atoms with van der Waals surface area (Å²) in [6, 6.07) is 0.769. The lowest BCUT2D eigenvalue weighted by Crippen LogP contribution is -2.09. The van der Waals surface area contributed by atoms with Crippen molar-refractivity contribution in [3.05, 3.63) is 28.0 Å². The fourth-order valence-electron chi connectivity index (χ4n) is 0.936. The van der Waals surface area contributed by atoms with Gasteiger partial charge in [0.05, 0.1) is 12.0 Å². The molecule has 0 aliphatic rings. The summed E-state index contributed by atoms with van der Waals surface area (Å²) in [5, 5.41) is 8.46. The van der Waals surface area contributed by atoms with Crippen LogP contribution >= 0.6 is 15.9 Å². The lowest BCUT2D eigenvalue weighted by molar-refractivity contribution is -0.139. The van der Waals surface area contributed by atoms with E-state index in [-0.39, 0.29) is 10.2 Å². The minimum absolute atomic E-state index is 0.00248. The summed E-state index contributed by atoms with van der Waals surface area (Å²) in [5.74, 6) is -1.21. The fraction of sp³-hybridized carbons (Fsp3) is 0.250. The van der Waals surface area contributed by atoms with Gasteiger partial charge in [0.25, 0.3) is 0 Å². The van der Waals surface area contributed by atoms with E-state index in [1.165, 1.54) is 0 Å². The number of carbonyl (C=O) groups is 1. The highest BCUT2D eigenvalue weighted by molar-refractivity contribution is 9.10. The van der Waals surface area contributed by atoms with Gasteiger partial charge in [0.1, 0.15) is 4.60 Å². The number of aliphatic carboxylic acids is 1. The van der Waals surface area contributed by atoms with Crippen LogP contribution < -0.4 is 0 Å². The number of hydrogen-bond acceptors (Lipinski definition) is 2. The molecule has 1 aromatic heterocycles. The van der Waals surface area contributed by atoms with Gasteiger partial charge in [0.15, 0.2) is 0 Å². The third-order valence-corrected chi connectivity index (χ3v) is 2.29. The monoisotopic (exact) mass is 283 g/mol. The number of hydrogen-bond donors (Lipinski definition) is 1. The molecular formula is C8H5BrF3NO2. The smallest absolute Gasteiger partial charge is 0.417 e. The topological polar surface area (TPSA) is 50.2 Å². The van der Waals surface area contributed by atoms with E-state index in [2.05, 4.69) is 20.9 Å². The van der Waals surface area contributed by atoms with Gasteiger partial charge in [-0.25, -0.2) is 4.98 Å². The van der Waals surface area contributed by atoms with E-state index in [4.69, 9.17) is 5.11 Å². The Hall–Kier alpha value is -1.11. The van der Waals surface area contributed by atoms with Gasteiger partial charge in [-0.05, 0) is 27.6 Å². The highest BCUT2D eigenvalue weighted by atomic mass is 79.9. The van der Waals surface area contributed by atoms with E-state index >= 15 is 0 Å². The predicted molar refractivity (Wildman–Crippen MR) is 48.3 cm³/mol. The molecule has 1 heterocycles. The third kappa shape index (κ3) is 3.19. The summed E-state index contributed by atoms with van der Waals surface area (Å²) in [6.45, 7) is 0. The Morgan fingerprint density at radius 1 is 1.53 bits per heavy atom. The number of carboxylic acids is 1. The quantitative estimate of drug-likeness (QED) is 0.849. The minimum Gasteiger partial charge on any atom is -0.481 e. The molecule has 0 aliphatic heterocycles. The zero-order valence-electron chi connectivity index (χ0n) is 7.18. The maximum Gasteiger partial charge on any atom is 0.417 e. The maximum atomic E-state index is 12.2. The molecule has 0 fully saturated rings. The van der Waals surface area contributed by atoms with Crippen molar-refractivity contribution in [3.8, 4) is 0 Å². The van der Waals surface area contributed by atoms with E-state index in [1.54, 1.807) is 0 Å². The van der Waals surface area contributed by atoms with Crippen LogP contribution in [0.4, 0.5) is 13.2 Å². The van der Waals surface area contributed by atoms with Crippen LogP contribution in [0.2, 0.25) is 0 Å². The average molecular weight is 284 g/mol. The number of alkyl halides is 3. The molecule has 0 saturated carbocycles.